The van der Waals surface area contributed by atoms with Gasteiger partial charge < -0.3 is 4.90 Å². The highest BCUT2D eigenvalue weighted by atomic mass is 16.2. The summed E-state index contributed by atoms with van der Waals surface area (Å²) in [5.74, 6) is 0.615. The number of likely N-dealkylation sites (tertiary alicyclic amines) is 1. The third-order valence-corrected chi connectivity index (χ3v) is 4.94. The van der Waals surface area contributed by atoms with E-state index in [1.807, 2.05) is 32.0 Å². The highest BCUT2D eigenvalue weighted by molar-refractivity contribution is 5.82. The van der Waals surface area contributed by atoms with Crippen LogP contribution in [0.25, 0.3) is 0 Å². The van der Waals surface area contributed by atoms with Gasteiger partial charge in [-0.3, -0.25) is 14.4 Å². The van der Waals surface area contributed by atoms with Gasteiger partial charge in [0.25, 0.3) is 0 Å². The molecule has 0 aromatic carbocycles. The van der Waals surface area contributed by atoms with Gasteiger partial charge in [-0.05, 0) is 37.8 Å². The number of piperidine rings is 1. The second kappa shape index (κ2) is 4.88. The molecule has 0 radical (unpaired) electrons. The zero-order valence-corrected chi connectivity index (χ0v) is 12.7. The van der Waals surface area contributed by atoms with E-state index >= 15 is 0 Å². The molecule has 1 atom stereocenters. The third-order valence-electron chi connectivity index (χ3n) is 4.94. The molecule has 1 aromatic heterocycles. The van der Waals surface area contributed by atoms with Crippen LogP contribution < -0.4 is 0 Å². The number of aryl methyl sites for hydroxylation is 1. The van der Waals surface area contributed by atoms with E-state index in [0.29, 0.717) is 11.3 Å². The van der Waals surface area contributed by atoms with Crippen LogP contribution in [-0.2, 0) is 18.4 Å². The predicted octanol–water partition coefficient (Wildman–Crippen LogP) is 1.11. The molecule has 1 aliphatic carbocycles. The normalized spacial score (nSPS) is 24.9. The van der Waals surface area contributed by atoms with E-state index in [1.165, 1.54) is 5.56 Å². The first kappa shape index (κ1) is 13.6. The van der Waals surface area contributed by atoms with Crippen LogP contribution in [0, 0.1) is 11.3 Å². The van der Waals surface area contributed by atoms with Crippen LogP contribution in [-0.4, -0.2) is 52.7 Å². The number of amides is 1. The Kier molecular flexibility index (Phi) is 3.32. The van der Waals surface area contributed by atoms with Gasteiger partial charge in [-0.1, -0.05) is 0 Å². The Labute approximate surface area is 120 Å². The molecule has 2 aliphatic rings. The molecule has 1 saturated heterocycles. The van der Waals surface area contributed by atoms with Gasteiger partial charge in [-0.25, -0.2) is 0 Å². The minimum absolute atomic E-state index is 0.290. The largest absolute Gasteiger partial charge is 0.349 e. The van der Waals surface area contributed by atoms with Gasteiger partial charge in [0, 0.05) is 45.4 Å². The molecule has 20 heavy (non-hydrogen) atoms. The lowest BCUT2D eigenvalue weighted by atomic mass is 9.90. The summed E-state index contributed by atoms with van der Waals surface area (Å²) in [6.07, 6.45) is 7.46. The molecule has 1 aliphatic heterocycles. The van der Waals surface area contributed by atoms with Gasteiger partial charge >= 0.3 is 0 Å². The van der Waals surface area contributed by atoms with E-state index < -0.39 is 0 Å². The number of hydrogen-bond donors (Lipinski definition) is 0. The summed E-state index contributed by atoms with van der Waals surface area (Å²) in [7, 11) is 5.69. The molecule has 0 bridgehead atoms. The molecule has 5 heteroatoms. The number of nitrogens with zero attached hydrogens (tertiary/aromatic N) is 4. The molecule has 2 heterocycles. The van der Waals surface area contributed by atoms with Crippen LogP contribution >= 0.6 is 0 Å². The first-order valence-electron chi connectivity index (χ1n) is 7.41. The second-order valence-electron chi connectivity index (χ2n) is 6.65. The Morgan fingerprint density at radius 2 is 2.15 bits per heavy atom. The average Bonchev–Trinajstić information content (AvgIpc) is 2.96. The smallest absolute Gasteiger partial charge is 0.225 e. The van der Waals surface area contributed by atoms with Crippen molar-refractivity contribution in [1.29, 1.82) is 0 Å². The van der Waals surface area contributed by atoms with Crippen molar-refractivity contribution in [2.24, 2.45) is 18.4 Å². The highest BCUT2D eigenvalue weighted by Crippen LogP contribution is 2.59. The second-order valence-corrected chi connectivity index (χ2v) is 6.65. The van der Waals surface area contributed by atoms with Crippen LogP contribution in [0.2, 0.25) is 0 Å². The molecular formula is C15H24N4O. The van der Waals surface area contributed by atoms with Crippen LogP contribution in [0.4, 0.5) is 0 Å². The van der Waals surface area contributed by atoms with Gasteiger partial charge in [0.15, 0.2) is 0 Å². The fourth-order valence-electron chi connectivity index (χ4n) is 3.53. The summed E-state index contributed by atoms with van der Waals surface area (Å²) in [5.41, 5.74) is 1.60. The predicted molar refractivity (Wildman–Crippen MR) is 77.0 cm³/mol. The Morgan fingerprint density at radius 1 is 1.45 bits per heavy atom. The van der Waals surface area contributed by atoms with E-state index in [4.69, 9.17) is 0 Å². The summed E-state index contributed by atoms with van der Waals surface area (Å²) >= 11 is 0. The lowest BCUT2D eigenvalue weighted by molar-refractivity contribution is -0.131. The topological polar surface area (TPSA) is 41.4 Å². The highest BCUT2D eigenvalue weighted by Gasteiger charge is 2.58. The van der Waals surface area contributed by atoms with Crippen molar-refractivity contribution >= 4 is 5.91 Å². The number of aromatic nitrogens is 2. The van der Waals surface area contributed by atoms with Crippen molar-refractivity contribution in [2.45, 2.75) is 25.8 Å². The zero-order valence-electron chi connectivity index (χ0n) is 12.7. The van der Waals surface area contributed by atoms with Crippen molar-refractivity contribution in [3.8, 4) is 0 Å². The molecule has 1 amide bonds. The number of carbonyl (C=O) groups is 1. The minimum atomic E-state index is 0.290. The molecular weight excluding hydrogens is 252 g/mol. The third kappa shape index (κ3) is 2.46. The zero-order chi connectivity index (χ0) is 14.3. The monoisotopic (exact) mass is 276 g/mol. The van der Waals surface area contributed by atoms with Gasteiger partial charge in [0.1, 0.15) is 0 Å². The van der Waals surface area contributed by atoms with Gasteiger partial charge in [0.2, 0.25) is 5.91 Å². The maximum atomic E-state index is 12.1. The van der Waals surface area contributed by atoms with E-state index in [2.05, 4.69) is 16.2 Å². The van der Waals surface area contributed by atoms with Crippen LogP contribution in [0.3, 0.4) is 0 Å². The van der Waals surface area contributed by atoms with Gasteiger partial charge in [-0.15, -0.1) is 0 Å². The first-order valence-corrected chi connectivity index (χ1v) is 7.41. The molecule has 0 unspecified atom stereocenters. The fourth-order valence-corrected chi connectivity index (χ4v) is 3.53. The molecule has 1 saturated carbocycles. The maximum absolute atomic E-state index is 12.1. The average molecular weight is 276 g/mol. The summed E-state index contributed by atoms with van der Waals surface area (Å²) in [5, 5.41) is 4.22. The quantitative estimate of drug-likeness (QED) is 0.830. The Bertz CT molecular complexity index is 500. The molecule has 1 aromatic rings. The Hall–Kier alpha value is -1.36. The van der Waals surface area contributed by atoms with E-state index in [9.17, 15) is 4.79 Å². The van der Waals surface area contributed by atoms with Crippen molar-refractivity contribution in [1.82, 2.24) is 19.6 Å². The molecule has 0 N–H and O–H groups in total. The molecule has 110 valence electrons. The minimum Gasteiger partial charge on any atom is -0.349 e. The summed E-state index contributed by atoms with van der Waals surface area (Å²) in [6, 6.07) is 0. The standard InChI is InChI=1S/C15H24N4O/c1-17(2)14(20)13-8-15(13)4-6-19(7-5-15)11-12-9-16-18(3)10-12/h9-10,13H,4-8,11H2,1-3H3/t13-/m1/s1. The molecule has 2 fully saturated rings. The number of hydrogen-bond acceptors (Lipinski definition) is 3. The van der Waals surface area contributed by atoms with Crippen molar-refractivity contribution < 1.29 is 4.79 Å². The summed E-state index contributed by atoms with van der Waals surface area (Å²) in [6.45, 7) is 3.19. The number of carbonyl (C=O) groups excluding carboxylic acids is 1. The lowest BCUT2D eigenvalue weighted by Crippen LogP contribution is -2.36. The maximum Gasteiger partial charge on any atom is 0.225 e. The van der Waals surface area contributed by atoms with E-state index in [-0.39, 0.29) is 5.92 Å². The molecule has 3 rings (SSSR count). The summed E-state index contributed by atoms with van der Waals surface area (Å²) in [4.78, 5) is 16.3. The Balaban J connectivity index is 1.52. The SMILES string of the molecule is CN(C)C(=O)[C@H]1CC12CCN(Cc1cnn(C)c1)CC2. The van der Waals surface area contributed by atoms with Crippen molar-refractivity contribution in [3.05, 3.63) is 18.0 Å². The summed E-state index contributed by atoms with van der Waals surface area (Å²) < 4.78 is 1.85. The van der Waals surface area contributed by atoms with E-state index in [1.54, 1.807) is 4.90 Å². The van der Waals surface area contributed by atoms with Crippen LogP contribution in [0.5, 0.6) is 0 Å². The van der Waals surface area contributed by atoms with Crippen LogP contribution in [0.1, 0.15) is 24.8 Å². The molecule has 1 spiro atoms. The lowest BCUT2D eigenvalue weighted by Gasteiger charge is -2.32. The fraction of sp³-hybridized carbons (Fsp3) is 0.733. The number of rotatable bonds is 3. The van der Waals surface area contributed by atoms with Gasteiger partial charge in [-0.2, -0.15) is 5.10 Å². The first-order chi connectivity index (χ1) is 9.50. The Morgan fingerprint density at radius 3 is 2.70 bits per heavy atom. The van der Waals surface area contributed by atoms with Crippen molar-refractivity contribution in [3.63, 3.8) is 0 Å². The molecule has 5 nitrogen and oxygen atoms in total. The van der Waals surface area contributed by atoms with E-state index in [0.717, 1.165) is 38.9 Å². The van der Waals surface area contributed by atoms with Crippen LogP contribution in [0.15, 0.2) is 12.4 Å². The van der Waals surface area contributed by atoms with Gasteiger partial charge in [0.05, 0.1) is 6.20 Å². The van der Waals surface area contributed by atoms with Crippen molar-refractivity contribution in [2.75, 3.05) is 27.2 Å².